The lowest BCUT2D eigenvalue weighted by atomic mass is 10.0. The van der Waals surface area contributed by atoms with Crippen molar-refractivity contribution in [1.29, 1.82) is 5.26 Å². The fourth-order valence-corrected chi connectivity index (χ4v) is 1.78. The summed E-state index contributed by atoms with van der Waals surface area (Å²) in [5.74, 6) is -0.982. The molecule has 0 atom stereocenters. The number of halogens is 1. The minimum Gasteiger partial charge on any atom is -0.478 e. The molecule has 0 aliphatic heterocycles. The maximum absolute atomic E-state index is 10.7. The van der Waals surface area contributed by atoms with Gasteiger partial charge in [-0.05, 0) is 40.0 Å². The van der Waals surface area contributed by atoms with Crippen LogP contribution in [0.25, 0.3) is 0 Å². The molecule has 0 amide bonds. The molecule has 0 saturated heterocycles. The zero-order chi connectivity index (χ0) is 10.7. The molecule has 1 aromatic carbocycles. The highest BCUT2D eigenvalue weighted by atomic mass is 79.9. The monoisotopic (exact) mass is 253 g/mol. The molecule has 0 radical (unpaired) electrons. The average Bonchev–Trinajstić information content (AvgIpc) is 2.16. The van der Waals surface area contributed by atoms with E-state index in [4.69, 9.17) is 10.4 Å². The highest BCUT2D eigenvalue weighted by Crippen LogP contribution is 2.22. The van der Waals surface area contributed by atoms with E-state index in [-0.39, 0.29) is 5.56 Å². The molecule has 4 heteroatoms. The smallest absolute Gasteiger partial charge is 0.335 e. The second kappa shape index (κ2) is 4.25. The van der Waals surface area contributed by atoms with E-state index < -0.39 is 5.97 Å². The van der Waals surface area contributed by atoms with Crippen molar-refractivity contribution < 1.29 is 9.90 Å². The van der Waals surface area contributed by atoms with Crippen LogP contribution in [-0.2, 0) is 6.42 Å². The van der Waals surface area contributed by atoms with E-state index in [1.54, 1.807) is 0 Å². The van der Waals surface area contributed by atoms with E-state index in [1.165, 1.54) is 12.1 Å². The number of nitrogens with zero attached hydrogens (tertiary/aromatic N) is 1. The van der Waals surface area contributed by atoms with Crippen molar-refractivity contribution in [3.63, 3.8) is 0 Å². The van der Waals surface area contributed by atoms with E-state index in [0.29, 0.717) is 16.5 Å². The van der Waals surface area contributed by atoms with Gasteiger partial charge in [0, 0.05) is 4.47 Å². The third-order valence-corrected chi connectivity index (χ3v) is 2.54. The van der Waals surface area contributed by atoms with Crippen LogP contribution >= 0.6 is 15.9 Å². The Bertz CT molecular complexity index is 421. The summed E-state index contributed by atoms with van der Waals surface area (Å²) in [6.45, 7) is 1.88. The molecule has 0 spiro atoms. The van der Waals surface area contributed by atoms with E-state index in [1.807, 2.05) is 13.0 Å². The van der Waals surface area contributed by atoms with Gasteiger partial charge in [0.25, 0.3) is 0 Å². The predicted octanol–water partition coefficient (Wildman–Crippen LogP) is 2.58. The van der Waals surface area contributed by atoms with Crippen molar-refractivity contribution >= 4 is 21.9 Å². The van der Waals surface area contributed by atoms with E-state index in [9.17, 15) is 4.79 Å². The molecule has 14 heavy (non-hydrogen) atoms. The van der Waals surface area contributed by atoms with Gasteiger partial charge in [0.2, 0.25) is 0 Å². The highest BCUT2D eigenvalue weighted by Gasteiger charge is 2.11. The molecule has 72 valence electrons. The Morgan fingerprint density at radius 2 is 2.29 bits per heavy atom. The number of nitriles is 1. The number of carbonyl (C=O) groups is 1. The number of aromatic carboxylic acids is 1. The summed E-state index contributed by atoms with van der Waals surface area (Å²) < 4.78 is 0.539. The maximum Gasteiger partial charge on any atom is 0.335 e. The second-order valence-corrected chi connectivity index (χ2v) is 3.62. The molecule has 0 unspecified atom stereocenters. The molecule has 0 aliphatic rings. The molecule has 1 N–H and O–H groups in total. The van der Waals surface area contributed by atoms with Crippen molar-refractivity contribution in [3.8, 4) is 6.07 Å². The zero-order valence-electron chi connectivity index (χ0n) is 7.54. The Labute approximate surface area is 90.1 Å². The second-order valence-electron chi connectivity index (χ2n) is 2.76. The van der Waals surface area contributed by atoms with Crippen LogP contribution in [-0.4, -0.2) is 11.1 Å². The molecular formula is C10H8BrNO2. The molecule has 0 heterocycles. The summed E-state index contributed by atoms with van der Waals surface area (Å²) in [6, 6.07) is 5.02. The summed E-state index contributed by atoms with van der Waals surface area (Å²) in [7, 11) is 0. The number of hydrogen-bond donors (Lipinski definition) is 1. The van der Waals surface area contributed by atoms with Gasteiger partial charge in [-0.25, -0.2) is 4.79 Å². The van der Waals surface area contributed by atoms with Gasteiger partial charge in [-0.3, -0.25) is 0 Å². The summed E-state index contributed by atoms with van der Waals surface area (Å²) in [6.07, 6.45) is 0.641. The van der Waals surface area contributed by atoms with Gasteiger partial charge in [0.05, 0.1) is 11.1 Å². The first kappa shape index (κ1) is 10.7. The lowest BCUT2D eigenvalue weighted by molar-refractivity contribution is 0.0696. The van der Waals surface area contributed by atoms with Gasteiger partial charge in [-0.15, -0.1) is 0 Å². The zero-order valence-corrected chi connectivity index (χ0v) is 9.13. The van der Waals surface area contributed by atoms with Gasteiger partial charge in [-0.2, -0.15) is 5.26 Å². The molecule has 0 aliphatic carbocycles. The predicted molar refractivity (Wildman–Crippen MR) is 55.2 cm³/mol. The van der Waals surface area contributed by atoms with Crippen LogP contribution < -0.4 is 0 Å². The number of carboxylic acids is 1. The molecule has 0 aromatic heterocycles. The Hall–Kier alpha value is -1.34. The van der Waals surface area contributed by atoms with E-state index in [2.05, 4.69) is 15.9 Å². The van der Waals surface area contributed by atoms with E-state index in [0.717, 1.165) is 5.56 Å². The molecule has 0 fully saturated rings. The van der Waals surface area contributed by atoms with Crippen LogP contribution in [0.3, 0.4) is 0 Å². The number of benzene rings is 1. The van der Waals surface area contributed by atoms with Crippen LogP contribution in [0.4, 0.5) is 0 Å². The fourth-order valence-electron chi connectivity index (χ4n) is 1.19. The first-order chi connectivity index (χ1) is 6.60. The highest BCUT2D eigenvalue weighted by molar-refractivity contribution is 9.10. The lowest BCUT2D eigenvalue weighted by Gasteiger charge is -2.04. The van der Waals surface area contributed by atoms with Crippen molar-refractivity contribution in [1.82, 2.24) is 0 Å². The fraction of sp³-hybridized carbons (Fsp3) is 0.200. The quantitative estimate of drug-likeness (QED) is 0.882. The third-order valence-electron chi connectivity index (χ3n) is 1.91. The summed E-state index contributed by atoms with van der Waals surface area (Å²) >= 11 is 3.18. The van der Waals surface area contributed by atoms with Gasteiger partial charge < -0.3 is 5.11 Å². The van der Waals surface area contributed by atoms with Crippen LogP contribution in [0.5, 0.6) is 0 Å². The molecule has 1 rings (SSSR count). The van der Waals surface area contributed by atoms with Gasteiger partial charge in [-0.1, -0.05) is 6.92 Å². The minimum absolute atomic E-state index is 0.202. The summed E-state index contributed by atoms with van der Waals surface area (Å²) in [5, 5.41) is 17.6. The van der Waals surface area contributed by atoms with Gasteiger partial charge in [0.15, 0.2) is 0 Å². The van der Waals surface area contributed by atoms with Crippen molar-refractivity contribution in [2.24, 2.45) is 0 Å². The van der Waals surface area contributed by atoms with Gasteiger partial charge >= 0.3 is 5.97 Å². The Kier molecular flexibility index (Phi) is 3.26. The normalized spacial score (nSPS) is 9.50. The van der Waals surface area contributed by atoms with Crippen LogP contribution in [0.2, 0.25) is 0 Å². The number of carboxylic acid groups (broad SMARTS) is 1. The molecule has 1 aromatic rings. The lowest BCUT2D eigenvalue weighted by Crippen LogP contribution is -2.00. The molecule has 0 saturated carbocycles. The number of hydrogen-bond acceptors (Lipinski definition) is 2. The topological polar surface area (TPSA) is 61.1 Å². The van der Waals surface area contributed by atoms with Crippen molar-refractivity contribution in [3.05, 3.63) is 33.3 Å². The van der Waals surface area contributed by atoms with Crippen molar-refractivity contribution in [2.75, 3.05) is 0 Å². The first-order valence-electron chi connectivity index (χ1n) is 4.06. The summed E-state index contributed by atoms with van der Waals surface area (Å²) in [4.78, 5) is 10.7. The Morgan fingerprint density at radius 1 is 1.64 bits per heavy atom. The van der Waals surface area contributed by atoms with Crippen LogP contribution in [0.1, 0.15) is 28.4 Å². The van der Waals surface area contributed by atoms with Gasteiger partial charge in [0.1, 0.15) is 6.07 Å². The molecule has 0 bridgehead atoms. The Morgan fingerprint density at radius 3 is 2.71 bits per heavy atom. The third kappa shape index (κ3) is 1.94. The standard InChI is InChI=1S/C10H8BrNO2/c1-2-6-3-7(10(13)14)4-9(11)8(6)5-12/h3-4H,2H2,1H3,(H,13,14). The molecular weight excluding hydrogens is 246 g/mol. The average molecular weight is 254 g/mol. The van der Waals surface area contributed by atoms with Crippen LogP contribution in [0, 0.1) is 11.3 Å². The first-order valence-corrected chi connectivity index (χ1v) is 4.85. The number of aryl methyl sites for hydroxylation is 1. The van der Waals surface area contributed by atoms with E-state index >= 15 is 0 Å². The maximum atomic E-state index is 10.7. The summed E-state index contributed by atoms with van der Waals surface area (Å²) in [5.41, 5.74) is 1.46. The Balaban J connectivity index is 3.40. The largest absolute Gasteiger partial charge is 0.478 e. The van der Waals surface area contributed by atoms with Crippen molar-refractivity contribution in [2.45, 2.75) is 13.3 Å². The molecule has 3 nitrogen and oxygen atoms in total. The number of rotatable bonds is 2. The SMILES string of the molecule is CCc1cc(C(=O)O)cc(Br)c1C#N. The minimum atomic E-state index is -0.982. The van der Waals surface area contributed by atoms with Crippen LogP contribution in [0.15, 0.2) is 16.6 Å².